The van der Waals surface area contributed by atoms with Crippen LogP contribution in [0.5, 0.6) is 5.75 Å². The molecule has 2 aliphatic heterocycles. The number of hydrogen-bond donors (Lipinski definition) is 4. The Balaban J connectivity index is 1.47. The van der Waals surface area contributed by atoms with E-state index in [0.29, 0.717) is 36.3 Å². The minimum atomic E-state index is -0.923. The van der Waals surface area contributed by atoms with Gasteiger partial charge in [0, 0.05) is 59.6 Å². The summed E-state index contributed by atoms with van der Waals surface area (Å²) < 4.78 is 38.0. The van der Waals surface area contributed by atoms with Crippen LogP contribution in [-0.4, -0.2) is 36.2 Å². The third-order valence-corrected chi connectivity index (χ3v) is 8.67. The van der Waals surface area contributed by atoms with Crippen molar-refractivity contribution >= 4 is 23.2 Å². The van der Waals surface area contributed by atoms with Gasteiger partial charge in [-0.3, -0.25) is 4.79 Å². The highest BCUT2D eigenvalue weighted by Gasteiger charge is 2.44. The molecule has 1 fully saturated rings. The zero-order valence-corrected chi connectivity index (χ0v) is 22.1. The Kier molecular flexibility index (Phi) is 6.73. The Hall–Kier alpha value is -3.20. The molecule has 0 saturated heterocycles. The molecule has 0 unspecified atom stereocenters. The highest BCUT2D eigenvalue weighted by molar-refractivity contribution is 6.34. The maximum atomic E-state index is 16.1. The molecule has 3 aromatic rings. The first-order chi connectivity index (χ1) is 18.8. The smallest absolute Gasteiger partial charge is 0.249 e. The average Bonchev–Trinajstić information content (AvgIpc) is 3.56. The van der Waals surface area contributed by atoms with E-state index in [0.717, 1.165) is 31.2 Å². The van der Waals surface area contributed by atoms with Crippen molar-refractivity contribution in [2.24, 2.45) is 5.73 Å². The number of hydrogen-bond acceptors (Lipinski definition) is 5. The number of benzene rings is 3. The van der Waals surface area contributed by atoms with E-state index in [4.69, 9.17) is 22.1 Å². The molecule has 9 heteroatoms. The molecule has 6 nitrogen and oxygen atoms in total. The van der Waals surface area contributed by atoms with Gasteiger partial charge in [-0.25, -0.2) is 8.78 Å². The normalized spacial score (nSPS) is 23.6. The Morgan fingerprint density at radius 3 is 2.59 bits per heavy atom. The van der Waals surface area contributed by atoms with Gasteiger partial charge in [-0.05, 0) is 43.7 Å². The van der Waals surface area contributed by atoms with E-state index in [2.05, 4.69) is 10.6 Å². The van der Waals surface area contributed by atoms with Crippen LogP contribution in [0, 0.1) is 11.6 Å². The predicted octanol–water partition coefficient (Wildman–Crippen LogP) is 5.08. The molecular weight excluding hydrogens is 524 g/mol. The molecule has 1 saturated carbocycles. The minimum Gasteiger partial charge on any atom is -0.480 e. The number of primary amides is 1. The van der Waals surface area contributed by atoms with E-state index in [1.807, 2.05) is 30.3 Å². The number of nitrogens with two attached hydrogens (primary N) is 1. The van der Waals surface area contributed by atoms with Crippen molar-refractivity contribution in [2.75, 3.05) is 18.4 Å². The van der Waals surface area contributed by atoms with Crippen molar-refractivity contribution in [1.82, 2.24) is 5.32 Å². The lowest BCUT2D eigenvalue weighted by molar-refractivity contribution is 0.0760. The van der Waals surface area contributed by atoms with Gasteiger partial charge in [0.1, 0.15) is 17.4 Å². The summed E-state index contributed by atoms with van der Waals surface area (Å²) in [5.74, 6) is -1.97. The summed E-state index contributed by atoms with van der Waals surface area (Å²) in [5, 5.41) is 16.3. The number of rotatable bonds is 6. The number of aliphatic hydroxyl groups excluding tert-OH is 1. The Bertz CT molecular complexity index is 1440. The molecule has 1 aliphatic carbocycles. The van der Waals surface area contributed by atoms with E-state index in [-0.39, 0.29) is 46.0 Å². The molecule has 5 N–H and O–H groups in total. The van der Waals surface area contributed by atoms with E-state index < -0.39 is 23.1 Å². The standard InChI is InChI=1S/C30H30ClF2N3O3/c31-27-22(32)13-24-21(25(27)26-20(29(34)38)12-23-19(28(26)33)10-11-35-23)14-30(39-24,16-4-2-1-3-5-16)15-36-17-6-8-18(37)9-7-17/h1-5,12-13,17-18,35-37H,6-11,14-15H2,(H2,34,38)/t17?,18?,30-/m1/s1. The number of ether oxygens (including phenoxy) is 1. The van der Waals surface area contributed by atoms with Crippen LogP contribution in [-0.2, 0) is 18.4 Å². The van der Waals surface area contributed by atoms with Gasteiger partial charge >= 0.3 is 0 Å². The van der Waals surface area contributed by atoms with Crippen molar-refractivity contribution in [3.05, 3.63) is 81.4 Å². The van der Waals surface area contributed by atoms with Crippen molar-refractivity contribution < 1.29 is 23.4 Å². The van der Waals surface area contributed by atoms with Crippen LogP contribution >= 0.6 is 11.6 Å². The third kappa shape index (κ3) is 4.54. The lowest BCUT2D eigenvalue weighted by Crippen LogP contribution is -2.46. The molecule has 0 bridgehead atoms. The number of carbonyl (C=O) groups is 1. The molecule has 1 atom stereocenters. The van der Waals surface area contributed by atoms with Crippen molar-refractivity contribution in [3.8, 4) is 16.9 Å². The Morgan fingerprint density at radius 2 is 1.87 bits per heavy atom. The number of amides is 1. The number of carbonyl (C=O) groups excluding carboxylic acids is 1. The first-order valence-corrected chi connectivity index (χ1v) is 13.7. The number of anilines is 1. The lowest BCUT2D eigenvalue weighted by atomic mass is 9.84. The summed E-state index contributed by atoms with van der Waals surface area (Å²) >= 11 is 6.56. The summed E-state index contributed by atoms with van der Waals surface area (Å²) in [7, 11) is 0. The first-order valence-electron chi connectivity index (χ1n) is 13.3. The fourth-order valence-corrected chi connectivity index (χ4v) is 6.51. The summed E-state index contributed by atoms with van der Waals surface area (Å²) in [6.07, 6.45) is 3.54. The maximum Gasteiger partial charge on any atom is 0.249 e. The molecule has 39 heavy (non-hydrogen) atoms. The zero-order chi connectivity index (χ0) is 27.3. The van der Waals surface area contributed by atoms with Crippen LogP contribution in [0.3, 0.4) is 0 Å². The van der Waals surface area contributed by atoms with Crippen LogP contribution < -0.4 is 21.1 Å². The van der Waals surface area contributed by atoms with Crippen molar-refractivity contribution in [1.29, 1.82) is 0 Å². The lowest BCUT2D eigenvalue weighted by Gasteiger charge is -2.34. The van der Waals surface area contributed by atoms with Gasteiger partial charge in [0.05, 0.1) is 16.7 Å². The molecule has 1 amide bonds. The van der Waals surface area contributed by atoms with Crippen molar-refractivity contribution in [3.63, 3.8) is 0 Å². The maximum absolute atomic E-state index is 16.1. The first kappa shape index (κ1) is 26.0. The van der Waals surface area contributed by atoms with E-state index in [1.54, 1.807) is 0 Å². The van der Waals surface area contributed by atoms with E-state index in [9.17, 15) is 9.90 Å². The zero-order valence-electron chi connectivity index (χ0n) is 21.3. The molecule has 0 aromatic heterocycles. The SMILES string of the molecule is NC(=O)c1cc2c(c(F)c1-c1c(Cl)c(F)cc3c1C[C@@](CNC1CCC(O)CC1)(c1ccccc1)O3)CCN2. The van der Waals surface area contributed by atoms with Crippen LogP contribution in [0.1, 0.15) is 52.7 Å². The second-order valence-electron chi connectivity index (χ2n) is 10.7. The summed E-state index contributed by atoms with van der Waals surface area (Å²) in [5.41, 5.74) is 7.05. The van der Waals surface area contributed by atoms with Gasteiger partial charge in [0.25, 0.3) is 0 Å². The van der Waals surface area contributed by atoms with Crippen LogP contribution in [0.2, 0.25) is 5.02 Å². The minimum absolute atomic E-state index is 0.0635. The largest absolute Gasteiger partial charge is 0.480 e. The van der Waals surface area contributed by atoms with Gasteiger partial charge in [0.2, 0.25) is 5.91 Å². The summed E-state index contributed by atoms with van der Waals surface area (Å²) in [6.45, 7) is 0.928. The monoisotopic (exact) mass is 553 g/mol. The van der Waals surface area contributed by atoms with Crippen LogP contribution in [0.4, 0.5) is 14.5 Å². The second-order valence-corrected chi connectivity index (χ2v) is 11.1. The number of aliphatic hydroxyl groups is 1. The number of nitrogens with one attached hydrogen (secondary N) is 2. The topological polar surface area (TPSA) is 96.6 Å². The molecular formula is C30H30ClF2N3O3. The molecule has 6 rings (SSSR count). The molecule has 0 spiro atoms. The summed E-state index contributed by atoms with van der Waals surface area (Å²) in [6, 6.07) is 12.6. The van der Waals surface area contributed by atoms with Crippen molar-refractivity contribution in [2.45, 2.75) is 56.3 Å². The number of halogens is 3. The van der Waals surface area contributed by atoms with Gasteiger partial charge in [0.15, 0.2) is 5.60 Å². The highest BCUT2D eigenvalue weighted by atomic mass is 35.5. The van der Waals surface area contributed by atoms with E-state index >= 15 is 8.78 Å². The average molecular weight is 554 g/mol. The predicted molar refractivity (Wildman–Crippen MR) is 146 cm³/mol. The van der Waals surface area contributed by atoms with Crippen LogP contribution in [0.25, 0.3) is 11.1 Å². The molecule has 3 aliphatic rings. The molecule has 0 radical (unpaired) electrons. The Labute approximate surface area is 230 Å². The molecule has 204 valence electrons. The second kappa shape index (κ2) is 10.1. The van der Waals surface area contributed by atoms with E-state index in [1.165, 1.54) is 12.1 Å². The number of fused-ring (bicyclic) bond motifs is 2. The Morgan fingerprint density at radius 1 is 1.13 bits per heavy atom. The van der Waals surface area contributed by atoms with Gasteiger partial charge < -0.3 is 26.2 Å². The summed E-state index contributed by atoms with van der Waals surface area (Å²) in [4.78, 5) is 12.5. The van der Waals surface area contributed by atoms with Gasteiger partial charge in [-0.15, -0.1) is 0 Å². The fourth-order valence-electron chi connectivity index (χ4n) is 6.25. The third-order valence-electron chi connectivity index (χ3n) is 8.30. The highest BCUT2D eigenvalue weighted by Crippen LogP contribution is 2.51. The molecule has 3 aromatic carbocycles. The quantitative estimate of drug-likeness (QED) is 0.341. The van der Waals surface area contributed by atoms with Crippen LogP contribution in [0.15, 0.2) is 42.5 Å². The van der Waals surface area contributed by atoms with Gasteiger partial charge in [-0.1, -0.05) is 41.9 Å². The molecule has 2 heterocycles. The fraction of sp³-hybridized carbons (Fsp3) is 0.367. The van der Waals surface area contributed by atoms with Gasteiger partial charge in [-0.2, -0.15) is 0 Å².